The van der Waals surface area contributed by atoms with Crippen molar-refractivity contribution in [2.45, 2.75) is 18.3 Å². The minimum absolute atomic E-state index is 0.0998. The van der Waals surface area contributed by atoms with Crippen LogP contribution in [0.25, 0.3) is 0 Å². The third-order valence-electron chi connectivity index (χ3n) is 2.09. The van der Waals surface area contributed by atoms with Crippen molar-refractivity contribution in [2.75, 3.05) is 13.2 Å². The number of furan rings is 1. The van der Waals surface area contributed by atoms with E-state index in [4.69, 9.17) is 19.4 Å². The van der Waals surface area contributed by atoms with Crippen molar-refractivity contribution in [3.63, 3.8) is 0 Å². The smallest absolute Gasteiger partial charge is 0.284 e. The molecule has 0 aliphatic carbocycles. The molecule has 0 spiro atoms. The number of carbonyl (C=O) groups excluding carboxylic acids is 1. The lowest BCUT2D eigenvalue weighted by atomic mass is 10.1. The Balaban J connectivity index is 2.41. The van der Waals surface area contributed by atoms with Gasteiger partial charge in [0.25, 0.3) is 5.95 Å². The molecule has 7 nitrogen and oxygen atoms in total. The van der Waals surface area contributed by atoms with E-state index >= 15 is 0 Å². The molecular weight excluding hydrogens is 232 g/mol. The number of aliphatic hydroxyl groups excluding tert-OH is 4. The van der Waals surface area contributed by atoms with E-state index in [0.717, 1.165) is 0 Å². The van der Waals surface area contributed by atoms with Crippen LogP contribution in [0, 0.1) is 0 Å². The van der Waals surface area contributed by atoms with Crippen LogP contribution >= 0.6 is 0 Å². The summed E-state index contributed by atoms with van der Waals surface area (Å²) in [6.07, 6.45) is -3.82. The summed E-state index contributed by atoms with van der Waals surface area (Å²) in [5.41, 5.74) is 0. The summed E-state index contributed by atoms with van der Waals surface area (Å²) in [5, 5.41) is 36.2. The van der Waals surface area contributed by atoms with Crippen LogP contribution in [0.3, 0.4) is 0 Å². The fourth-order valence-corrected chi connectivity index (χ4v) is 1.08. The summed E-state index contributed by atoms with van der Waals surface area (Å²) < 4.78 is 9.65. The van der Waals surface area contributed by atoms with E-state index in [1.807, 2.05) is 0 Å². The molecule has 0 amide bonds. The van der Waals surface area contributed by atoms with Gasteiger partial charge >= 0.3 is 0 Å². The SMILES string of the molecule is O=C(COc1ccco1)C(O)C(O)C(O)CO. The van der Waals surface area contributed by atoms with Crippen LogP contribution in [-0.4, -0.2) is 57.7 Å². The maximum Gasteiger partial charge on any atom is 0.284 e. The molecular formula is C10H14O7. The zero-order valence-electron chi connectivity index (χ0n) is 8.89. The molecule has 0 saturated carbocycles. The Labute approximate surface area is 96.9 Å². The first kappa shape index (κ1) is 13.7. The molecule has 7 heteroatoms. The molecule has 17 heavy (non-hydrogen) atoms. The summed E-state index contributed by atoms with van der Waals surface area (Å²) in [7, 11) is 0. The van der Waals surface area contributed by atoms with Gasteiger partial charge < -0.3 is 29.6 Å². The molecule has 3 unspecified atom stereocenters. The van der Waals surface area contributed by atoms with Crippen molar-refractivity contribution >= 4 is 5.78 Å². The predicted molar refractivity (Wildman–Crippen MR) is 54.3 cm³/mol. The quantitative estimate of drug-likeness (QED) is 0.452. The minimum atomic E-state index is -1.83. The maximum atomic E-state index is 11.3. The van der Waals surface area contributed by atoms with Gasteiger partial charge in [0.2, 0.25) is 5.78 Å². The van der Waals surface area contributed by atoms with E-state index in [2.05, 4.69) is 0 Å². The Bertz CT molecular complexity index is 334. The number of rotatable bonds is 7. The van der Waals surface area contributed by atoms with Crippen LogP contribution in [0.4, 0.5) is 0 Å². The van der Waals surface area contributed by atoms with Crippen molar-refractivity contribution in [2.24, 2.45) is 0 Å². The van der Waals surface area contributed by atoms with Crippen molar-refractivity contribution in [1.82, 2.24) is 0 Å². The average molecular weight is 246 g/mol. The van der Waals surface area contributed by atoms with Gasteiger partial charge in [-0.1, -0.05) is 0 Å². The summed E-state index contributed by atoms with van der Waals surface area (Å²) in [6, 6.07) is 3.03. The molecule has 0 aliphatic rings. The standard InChI is InChI=1S/C10H14O7/c11-4-6(12)9(14)10(15)7(13)5-17-8-2-1-3-16-8/h1-3,6,9-12,14-15H,4-5H2. The van der Waals surface area contributed by atoms with Gasteiger partial charge in [0.05, 0.1) is 12.9 Å². The zero-order valence-corrected chi connectivity index (χ0v) is 8.89. The van der Waals surface area contributed by atoms with E-state index in [-0.39, 0.29) is 5.95 Å². The van der Waals surface area contributed by atoms with Gasteiger partial charge in [-0.3, -0.25) is 4.79 Å². The molecule has 1 aromatic rings. The third kappa shape index (κ3) is 3.82. The number of hydrogen-bond donors (Lipinski definition) is 4. The average Bonchev–Trinajstić information content (AvgIpc) is 2.86. The van der Waals surface area contributed by atoms with Crippen LogP contribution < -0.4 is 4.74 Å². The normalized spacial score (nSPS) is 16.2. The highest BCUT2D eigenvalue weighted by Gasteiger charge is 2.30. The van der Waals surface area contributed by atoms with Crippen LogP contribution in [0.15, 0.2) is 22.8 Å². The molecule has 0 radical (unpaired) electrons. The topological polar surface area (TPSA) is 120 Å². The van der Waals surface area contributed by atoms with Crippen LogP contribution in [-0.2, 0) is 4.79 Å². The molecule has 0 aliphatic heterocycles. The largest absolute Gasteiger partial charge is 0.457 e. The molecule has 0 fully saturated rings. The van der Waals surface area contributed by atoms with E-state index in [1.54, 1.807) is 6.07 Å². The van der Waals surface area contributed by atoms with E-state index in [0.29, 0.717) is 0 Å². The molecule has 1 aromatic heterocycles. The summed E-state index contributed by atoms with van der Waals surface area (Å²) in [6.45, 7) is -1.27. The summed E-state index contributed by atoms with van der Waals surface area (Å²) in [5.74, 6) is -0.732. The van der Waals surface area contributed by atoms with Crippen molar-refractivity contribution < 1.29 is 34.4 Å². The number of Topliss-reactive ketones (excluding diaryl/α,β-unsaturated/α-hetero) is 1. The molecule has 0 saturated heterocycles. The van der Waals surface area contributed by atoms with E-state index in [1.165, 1.54) is 12.3 Å². The Hall–Kier alpha value is -1.41. The zero-order chi connectivity index (χ0) is 12.8. The number of ether oxygens (including phenoxy) is 1. The molecule has 4 N–H and O–H groups in total. The lowest BCUT2D eigenvalue weighted by Crippen LogP contribution is -2.45. The van der Waals surface area contributed by atoms with Crippen LogP contribution in [0.5, 0.6) is 5.95 Å². The first-order valence-electron chi connectivity index (χ1n) is 4.90. The summed E-state index contributed by atoms with van der Waals surface area (Å²) in [4.78, 5) is 11.3. The van der Waals surface area contributed by atoms with Gasteiger partial charge in [0.1, 0.15) is 18.3 Å². The molecule has 1 rings (SSSR count). The van der Waals surface area contributed by atoms with E-state index in [9.17, 15) is 15.0 Å². The number of carbonyl (C=O) groups is 1. The van der Waals surface area contributed by atoms with Gasteiger partial charge in [0.15, 0.2) is 6.61 Å². The first-order valence-corrected chi connectivity index (χ1v) is 4.90. The maximum absolute atomic E-state index is 11.3. The van der Waals surface area contributed by atoms with Crippen LogP contribution in [0.1, 0.15) is 0 Å². The lowest BCUT2D eigenvalue weighted by Gasteiger charge is -2.20. The highest BCUT2D eigenvalue weighted by molar-refractivity contribution is 5.84. The second-order valence-electron chi connectivity index (χ2n) is 3.37. The lowest BCUT2D eigenvalue weighted by molar-refractivity contribution is -0.142. The fourth-order valence-electron chi connectivity index (χ4n) is 1.08. The predicted octanol–water partition coefficient (Wildman–Crippen LogP) is -1.70. The van der Waals surface area contributed by atoms with Crippen molar-refractivity contribution in [1.29, 1.82) is 0 Å². The highest BCUT2D eigenvalue weighted by Crippen LogP contribution is 2.10. The van der Waals surface area contributed by atoms with Crippen LogP contribution in [0.2, 0.25) is 0 Å². The molecule has 96 valence electrons. The third-order valence-corrected chi connectivity index (χ3v) is 2.09. The van der Waals surface area contributed by atoms with E-state index < -0.39 is 37.3 Å². The van der Waals surface area contributed by atoms with Crippen molar-refractivity contribution in [3.8, 4) is 5.95 Å². The van der Waals surface area contributed by atoms with Gasteiger partial charge in [-0.2, -0.15) is 0 Å². The first-order chi connectivity index (χ1) is 8.06. The monoisotopic (exact) mass is 246 g/mol. The summed E-state index contributed by atoms with van der Waals surface area (Å²) >= 11 is 0. The fraction of sp³-hybridized carbons (Fsp3) is 0.500. The minimum Gasteiger partial charge on any atom is -0.457 e. The number of aliphatic hydroxyl groups is 4. The molecule has 0 aromatic carbocycles. The second kappa shape index (κ2) is 6.36. The van der Waals surface area contributed by atoms with Crippen molar-refractivity contribution in [3.05, 3.63) is 18.4 Å². The van der Waals surface area contributed by atoms with Gasteiger partial charge in [0, 0.05) is 6.07 Å². The molecule has 3 atom stereocenters. The van der Waals surface area contributed by atoms with Gasteiger partial charge in [-0.05, 0) is 6.07 Å². The molecule has 0 bridgehead atoms. The Morgan fingerprint density at radius 2 is 2.12 bits per heavy atom. The molecule has 1 heterocycles. The Kier molecular flexibility index (Phi) is 5.11. The highest BCUT2D eigenvalue weighted by atomic mass is 16.6. The van der Waals surface area contributed by atoms with Gasteiger partial charge in [-0.15, -0.1) is 0 Å². The Morgan fingerprint density at radius 1 is 1.41 bits per heavy atom. The second-order valence-corrected chi connectivity index (χ2v) is 3.37. The van der Waals surface area contributed by atoms with Gasteiger partial charge in [-0.25, -0.2) is 0 Å². The number of ketones is 1. The Morgan fingerprint density at radius 3 is 2.65 bits per heavy atom. The number of hydrogen-bond acceptors (Lipinski definition) is 7.